The van der Waals surface area contributed by atoms with E-state index in [1.165, 1.54) is 56.9 Å². The van der Waals surface area contributed by atoms with Gasteiger partial charge >= 0.3 is 0 Å². The molecule has 0 aliphatic heterocycles. The molecule has 0 radical (unpaired) electrons. The first-order valence-corrected chi connectivity index (χ1v) is 10.1. The Labute approximate surface area is 149 Å². The number of carbonyl (C=O) groups excluding carboxylic acids is 1. The molecule has 1 atom stereocenters. The number of rotatable bonds is 14. The highest BCUT2D eigenvalue weighted by atomic mass is 16.1. The highest BCUT2D eigenvalue weighted by Gasteiger charge is 2.07. The third-order valence-electron chi connectivity index (χ3n) is 4.62. The van der Waals surface area contributed by atoms with Gasteiger partial charge in [-0.3, -0.25) is 4.79 Å². The number of amides is 1. The van der Waals surface area contributed by atoms with Crippen LogP contribution in [0.2, 0.25) is 0 Å². The Bertz CT molecular complexity index is 415. The number of carbonyl (C=O) groups is 1. The monoisotopic (exact) mass is 331 g/mol. The number of hydrogen-bond donors (Lipinski definition) is 1. The van der Waals surface area contributed by atoms with Crippen molar-refractivity contribution in [3.8, 4) is 0 Å². The van der Waals surface area contributed by atoms with E-state index in [9.17, 15) is 4.79 Å². The molecule has 2 nitrogen and oxygen atoms in total. The smallest absolute Gasteiger partial charge is 0.220 e. The Hall–Kier alpha value is -1.31. The molecule has 136 valence electrons. The van der Waals surface area contributed by atoms with Crippen LogP contribution in [0.25, 0.3) is 0 Å². The maximum atomic E-state index is 12.0. The van der Waals surface area contributed by atoms with E-state index >= 15 is 0 Å². The van der Waals surface area contributed by atoms with Crippen LogP contribution in [-0.2, 0) is 11.2 Å². The fourth-order valence-corrected chi connectivity index (χ4v) is 3.04. The van der Waals surface area contributed by atoms with Crippen molar-refractivity contribution >= 4 is 5.91 Å². The number of nitrogens with one attached hydrogen (secondary N) is 1. The van der Waals surface area contributed by atoms with E-state index in [0.29, 0.717) is 6.42 Å². The lowest BCUT2D eigenvalue weighted by Gasteiger charge is -2.14. The zero-order valence-corrected chi connectivity index (χ0v) is 15.9. The second-order valence-corrected chi connectivity index (χ2v) is 7.07. The van der Waals surface area contributed by atoms with Crippen LogP contribution in [0.5, 0.6) is 0 Å². The lowest BCUT2D eigenvalue weighted by Crippen LogP contribution is -2.32. The van der Waals surface area contributed by atoms with Gasteiger partial charge in [-0.1, -0.05) is 88.6 Å². The quantitative estimate of drug-likeness (QED) is 0.413. The lowest BCUT2D eigenvalue weighted by molar-refractivity contribution is -0.121. The zero-order chi connectivity index (χ0) is 17.5. The second-order valence-electron chi connectivity index (χ2n) is 7.07. The van der Waals surface area contributed by atoms with Gasteiger partial charge in [0.25, 0.3) is 0 Å². The minimum atomic E-state index is 0.221. The fraction of sp³-hybridized carbons (Fsp3) is 0.682. The van der Waals surface area contributed by atoms with Crippen LogP contribution in [0, 0.1) is 0 Å². The van der Waals surface area contributed by atoms with Crippen LogP contribution in [0.4, 0.5) is 0 Å². The van der Waals surface area contributed by atoms with Gasteiger partial charge in [-0.2, -0.15) is 0 Å². The van der Waals surface area contributed by atoms with Gasteiger partial charge in [-0.05, 0) is 31.7 Å². The minimum Gasteiger partial charge on any atom is -0.354 e. The van der Waals surface area contributed by atoms with Crippen molar-refractivity contribution in [2.24, 2.45) is 0 Å². The first kappa shape index (κ1) is 20.7. The largest absolute Gasteiger partial charge is 0.354 e. The molecule has 0 saturated carbocycles. The van der Waals surface area contributed by atoms with Crippen LogP contribution in [-0.4, -0.2) is 11.9 Å². The normalized spacial score (nSPS) is 12.1. The summed E-state index contributed by atoms with van der Waals surface area (Å²) in [7, 11) is 0. The molecule has 0 aromatic heterocycles. The molecule has 0 heterocycles. The summed E-state index contributed by atoms with van der Waals surface area (Å²) in [6.45, 7) is 4.37. The van der Waals surface area contributed by atoms with Crippen molar-refractivity contribution < 1.29 is 4.79 Å². The number of hydrogen-bond acceptors (Lipinski definition) is 1. The van der Waals surface area contributed by atoms with E-state index < -0.39 is 0 Å². The van der Waals surface area contributed by atoms with Crippen LogP contribution in [0.3, 0.4) is 0 Å². The van der Waals surface area contributed by atoms with Crippen molar-refractivity contribution in [3.05, 3.63) is 35.9 Å². The average Bonchev–Trinajstić information content (AvgIpc) is 2.59. The first-order chi connectivity index (χ1) is 11.7. The van der Waals surface area contributed by atoms with Gasteiger partial charge in [0.2, 0.25) is 5.91 Å². The van der Waals surface area contributed by atoms with Crippen molar-refractivity contribution in [1.82, 2.24) is 5.32 Å². The van der Waals surface area contributed by atoms with Gasteiger partial charge in [0.15, 0.2) is 0 Å². The maximum absolute atomic E-state index is 12.0. The van der Waals surface area contributed by atoms with Gasteiger partial charge in [-0.25, -0.2) is 0 Å². The molecular weight excluding hydrogens is 294 g/mol. The van der Waals surface area contributed by atoms with Crippen molar-refractivity contribution in [1.29, 1.82) is 0 Å². The van der Waals surface area contributed by atoms with E-state index in [-0.39, 0.29) is 11.9 Å². The second kappa shape index (κ2) is 14.1. The van der Waals surface area contributed by atoms with Gasteiger partial charge in [0, 0.05) is 12.5 Å². The Morgan fingerprint density at radius 2 is 1.50 bits per heavy atom. The Kier molecular flexibility index (Phi) is 12.2. The molecule has 0 unspecified atom stereocenters. The summed E-state index contributed by atoms with van der Waals surface area (Å²) in [6.07, 6.45) is 14.4. The summed E-state index contributed by atoms with van der Waals surface area (Å²) in [5.74, 6) is 0.221. The van der Waals surface area contributed by atoms with Gasteiger partial charge in [0.1, 0.15) is 0 Å². The van der Waals surface area contributed by atoms with E-state index in [1.807, 2.05) is 6.07 Å². The summed E-state index contributed by atoms with van der Waals surface area (Å²) >= 11 is 0. The molecule has 24 heavy (non-hydrogen) atoms. The molecule has 2 heteroatoms. The lowest BCUT2D eigenvalue weighted by atomic mass is 10.1. The highest BCUT2D eigenvalue weighted by molar-refractivity contribution is 5.76. The van der Waals surface area contributed by atoms with Gasteiger partial charge in [0.05, 0.1) is 0 Å². The molecule has 1 aromatic carbocycles. The summed E-state index contributed by atoms with van der Waals surface area (Å²) < 4.78 is 0. The van der Waals surface area contributed by atoms with Gasteiger partial charge in [-0.15, -0.1) is 0 Å². The van der Waals surface area contributed by atoms with Crippen LogP contribution in [0.15, 0.2) is 30.3 Å². The SMILES string of the molecule is CCCCCCCCCCCC(=O)N[C@H](C)CCc1ccccc1. The molecule has 1 amide bonds. The molecule has 1 N–H and O–H groups in total. The number of aryl methyl sites for hydroxylation is 1. The molecule has 0 aliphatic carbocycles. The van der Waals surface area contributed by atoms with Crippen LogP contribution in [0.1, 0.15) is 90.0 Å². The zero-order valence-electron chi connectivity index (χ0n) is 15.9. The Morgan fingerprint density at radius 3 is 2.12 bits per heavy atom. The molecule has 1 rings (SSSR count). The topological polar surface area (TPSA) is 29.1 Å². The fourth-order valence-electron chi connectivity index (χ4n) is 3.04. The third-order valence-corrected chi connectivity index (χ3v) is 4.62. The predicted molar refractivity (Wildman–Crippen MR) is 104 cm³/mol. The minimum absolute atomic E-state index is 0.221. The van der Waals surface area contributed by atoms with Gasteiger partial charge < -0.3 is 5.32 Å². The molecule has 0 fully saturated rings. The number of benzene rings is 1. The van der Waals surface area contributed by atoms with E-state index in [0.717, 1.165) is 19.3 Å². The van der Waals surface area contributed by atoms with Crippen molar-refractivity contribution in [3.63, 3.8) is 0 Å². The standard InChI is InChI=1S/C22H37NO/c1-3-4-5-6-7-8-9-10-14-17-22(24)23-20(2)18-19-21-15-12-11-13-16-21/h11-13,15-16,20H,3-10,14,17-19H2,1-2H3,(H,23,24)/t20-/m1/s1. The van der Waals surface area contributed by atoms with Crippen LogP contribution < -0.4 is 5.32 Å². The maximum Gasteiger partial charge on any atom is 0.220 e. The summed E-state index contributed by atoms with van der Waals surface area (Å²) in [4.78, 5) is 12.0. The molecule has 0 saturated heterocycles. The summed E-state index contributed by atoms with van der Waals surface area (Å²) in [5, 5.41) is 3.14. The Balaban J connectivity index is 1.95. The van der Waals surface area contributed by atoms with Crippen molar-refractivity contribution in [2.45, 2.75) is 96.9 Å². The average molecular weight is 332 g/mol. The van der Waals surface area contributed by atoms with Crippen molar-refractivity contribution in [2.75, 3.05) is 0 Å². The molecule has 0 spiro atoms. The predicted octanol–water partition coefficient (Wildman–Crippen LogP) is 6.04. The summed E-state index contributed by atoms with van der Waals surface area (Å²) in [5.41, 5.74) is 1.34. The molecule has 0 bridgehead atoms. The van der Waals surface area contributed by atoms with E-state index in [4.69, 9.17) is 0 Å². The van der Waals surface area contributed by atoms with Crippen LogP contribution >= 0.6 is 0 Å². The molecular formula is C22H37NO. The summed E-state index contributed by atoms with van der Waals surface area (Å²) in [6, 6.07) is 10.7. The third kappa shape index (κ3) is 11.3. The molecule has 0 aliphatic rings. The number of unbranched alkanes of at least 4 members (excludes halogenated alkanes) is 8. The van der Waals surface area contributed by atoms with E-state index in [2.05, 4.69) is 43.4 Å². The molecule has 1 aromatic rings. The Morgan fingerprint density at radius 1 is 0.917 bits per heavy atom. The highest BCUT2D eigenvalue weighted by Crippen LogP contribution is 2.11. The first-order valence-electron chi connectivity index (χ1n) is 10.1. The van der Waals surface area contributed by atoms with E-state index in [1.54, 1.807) is 0 Å².